The van der Waals surface area contributed by atoms with Crippen molar-refractivity contribution in [1.29, 1.82) is 0 Å². The molecule has 0 aliphatic heterocycles. The Hall–Kier alpha value is -2.01. The van der Waals surface area contributed by atoms with Crippen LogP contribution in [0.4, 0.5) is 0 Å². The maximum absolute atomic E-state index is 12.1. The molecule has 0 saturated heterocycles. The van der Waals surface area contributed by atoms with Crippen molar-refractivity contribution >= 4 is 17.2 Å². The molecular weight excluding hydrogens is 250 g/mol. The van der Waals surface area contributed by atoms with Gasteiger partial charge in [-0.25, -0.2) is 0 Å². The number of phenols is 2. The van der Waals surface area contributed by atoms with Crippen LogP contribution in [0.1, 0.15) is 15.2 Å². The Labute approximate surface area is 109 Å². The fraction of sp³-hybridized carbons (Fsp3) is 0.154. The lowest BCUT2D eigenvalue weighted by atomic mass is 10.1. The number of carbonyl (C=O) groups is 1. The zero-order chi connectivity index (χ0) is 13.1. The van der Waals surface area contributed by atoms with E-state index in [2.05, 4.69) is 0 Å². The molecule has 0 radical (unpaired) electrons. The summed E-state index contributed by atoms with van der Waals surface area (Å²) < 4.78 is 0. The molecule has 0 atom stereocenters. The number of aromatic hydroxyl groups is 2. The van der Waals surface area contributed by atoms with Crippen LogP contribution in [0.15, 0.2) is 35.7 Å². The summed E-state index contributed by atoms with van der Waals surface area (Å²) in [7, 11) is 1.67. The van der Waals surface area contributed by atoms with E-state index in [4.69, 9.17) is 0 Å². The van der Waals surface area contributed by atoms with Crippen molar-refractivity contribution in [1.82, 2.24) is 4.90 Å². The number of carbonyl (C=O) groups excluding carboxylic acids is 1. The van der Waals surface area contributed by atoms with Crippen molar-refractivity contribution < 1.29 is 15.0 Å². The molecule has 0 fully saturated rings. The van der Waals surface area contributed by atoms with Gasteiger partial charge in [0.2, 0.25) is 0 Å². The quantitative estimate of drug-likeness (QED) is 0.894. The molecule has 0 unspecified atom stereocenters. The number of thiophene rings is 1. The molecule has 4 nitrogen and oxygen atoms in total. The molecule has 1 aromatic heterocycles. The van der Waals surface area contributed by atoms with E-state index < -0.39 is 0 Å². The lowest BCUT2D eigenvalue weighted by molar-refractivity contribution is 0.0783. The summed E-state index contributed by atoms with van der Waals surface area (Å²) in [6.07, 6.45) is 0. The number of hydrogen-bond acceptors (Lipinski definition) is 4. The van der Waals surface area contributed by atoms with E-state index in [1.54, 1.807) is 18.4 Å². The average Bonchev–Trinajstić information content (AvgIpc) is 2.81. The summed E-state index contributed by atoms with van der Waals surface area (Å²) in [5.41, 5.74) is 0.187. The van der Waals surface area contributed by atoms with E-state index in [-0.39, 0.29) is 23.0 Å². The lowest BCUT2D eigenvalue weighted by Crippen LogP contribution is -2.25. The highest BCUT2D eigenvalue weighted by Gasteiger charge is 2.16. The molecule has 0 saturated carbocycles. The van der Waals surface area contributed by atoms with Crippen molar-refractivity contribution in [3.8, 4) is 11.5 Å². The van der Waals surface area contributed by atoms with Crippen LogP contribution in [0.2, 0.25) is 0 Å². The molecule has 1 amide bonds. The molecule has 18 heavy (non-hydrogen) atoms. The largest absolute Gasteiger partial charge is 0.508 e. The second-order valence-corrected chi connectivity index (χ2v) is 4.97. The van der Waals surface area contributed by atoms with E-state index in [0.717, 1.165) is 10.9 Å². The molecule has 2 aromatic rings. The molecule has 2 rings (SSSR count). The molecule has 0 aliphatic rings. The number of amides is 1. The molecule has 1 aromatic carbocycles. The fourth-order valence-electron chi connectivity index (χ4n) is 1.61. The molecule has 5 heteroatoms. The molecular formula is C13H13NO3S. The van der Waals surface area contributed by atoms with Crippen LogP contribution in [0.25, 0.3) is 0 Å². The third-order valence-electron chi connectivity index (χ3n) is 2.53. The average molecular weight is 263 g/mol. The molecule has 2 N–H and O–H groups in total. The van der Waals surface area contributed by atoms with Crippen LogP contribution in [-0.2, 0) is 6.54 Å². The first-order valence-electron chi connectivity index (χ1n) is 5.38. The van der Waals surface area contributed by atoms with Crippen molar-refractivity contribution in [2.75, 3.05) is 7.05 Å². The topological polar surface area (TPSA) is 60.8 Å². The van der Waals surface area contributed by atoms with Crippen molar-refractivity contribution in [3.05, 3.63) is 46.2 Å². The Kier molecular flexibility index (Phi) is 3.53. The highest BCUT2D eigenvalue weighted by molar-refractivity contribution is 7.09. The van der Waals surface area contributed by atoms with E-state index in [9.17, 15) is 15.0 Å². The highest BCUT2D eigenvalue weighted by Crippen LogP contribution is 2.24. The van der Waals surface area contributed by atoms with Crippen LogP contribution in [0, 0.1) is 0 Å². The smallest absolute Gasteiger partial charge is 0.257 e. The van der Waals surface area contributed by atoms with Gasteiger partial charge in [-0.3, -0.25) is 4.79 Å². The summed E-state index contributed by atoms with van der Waals surface area (Å²) in [5.74, 6) is -0.552. The van der Waals surface area contributed by atoms with Gasteiger partial charge in [0.1, 0.15) is 11.5 Å². The number of phenolic OH excluding ortho intramolecular Hbond substituents is 2. The molecule has 94 valence electrons. The number of rotatable bonds is 3. The zero-order valence-corrected chi connectivity index (χ0v) is 10.6. The first kappa shape index (κ1) is 12.4. The number of hydrogen-bond donors (Lipinski definition) is 2. The van der Waals surface area contributed by atoms with Gasteiger partial charge in [0, 0.05) is 18.0 Å². The Morgan fingerprint density at radius 2 is 2.11 bits per heavy atom. The minimum Gasteiger partial charge on any atom is -0.508 e. The fourth-order valence-corrected chi connectivity index (χ4v) is 2.37. The van der Waals surface area contributed by atoms with E-state index >= 15 is 0 Å². The maximum Gasteiger partial charge on any atom is 0.257 e. The second kappa shape index (κ2) is 5.10. The van der Waals surface area contributed by atoms with Gasteiger partial charge in [0.15, 0.2) is 0 Å². The Morgan fingerprint density at radius 1 is 1.33 bits per heavy atom. The van der Waals surface area contributed by atoms with Gasteiger partial charge in [0.25, 0.3) is 5.91 Å². The van der Waals surface area contributed by atoms with Gasteiger partial charge in [-0.05, 0) is 23.6 Å². The van der Waals surface area contributed by atoms with E-state index in [1.807, 2.05) is 17.5 Å². The highest BCUT2D eigenvalue weighted by atomic mass is 32.1. The van der Waals surface area contributed by atoms with Crippen LogP contribution in [0.3, 0.4) is 0 Å². The van der Waals surface area contributed by atoms with E-state index in [1.165, 1.54) is 17.0 Å². The van der Waals surface area contributed by atoms with Gasteiger partial charge in [-0.2, -0.15) is 0 Å². The third kappa shape index (κ3) is 2.62. The summed E-state index contributed by atoms with van der Waals surface area (Å²) in [6.45, 7) is 0.497. The van der Waals surface area contributed by atoms with Crippen molar-refractivity contribution in [3.63, 3.8) is 0 Å². The molecule has 0 spiro atoms. The summed E-state index contributed by atoms with van der Waals surface area (Å²) in [4.78, 5) is 14.7. The van der Waals surface area contributed by atoms with Gasteiger partial charge in [0.05, 0.1) is 12.1 Å². The van der Waals surface area contributed by atoms with Crippen molar-refractivity contribution in [2.24, 2.45) is 0 Å². The van der Waals surface area contributed by atoms with Crippen LogP contribution >= 0.6 is 11.3 Å². The number of benzene rings is 1. The predicted octanol–water partition coefficient (Wildman–Crippen LogP) is 2.43. The van der Waals surface area contributed by atoms with Gasteiger partial charge < -0.3 is 15.1 Å². The SMILES string of the molecule is CN(Cc1cccs1)C(=O)c1ccc(O)cc1O. The predicted molar refractivity (Wildman–Crippen MR) is 69.9 cm³/mol. The Morgan fingerprint density at radius 3 is 2.72 bits per heavy atom. The normalized spacial score (nSPS) is 10.3. The summed E-state index contributed by atoms with van der Waals surface area (Å²) in [6, 6.07) is 7.83. The first-order chi connectivity index (χ1) is 8.58. The summed E-state index contributed by atoms with van der Waals surface area (Å²) >= 11 is 1.57. The van der Waals surface area contributed by atoms with Gasteiger partial charge in [-0.1, -0.05) is 6.07 Å². The molecule has 1 heterocycles. The summed E-state index contributed by atoms with van der Waals surface area (Å²) in [5, 5.41) is 20.8. The first-order valence-corrected chi connectivity index (χ1v) is 6.25. The van der Waals surface area contributed by atoms with Crippen molar-refractivity contribution in [2.45, 2.75) is 6.54 Å². The molecule has 0 bridgehead atoms. The Bertz CT molecular complexity index is 551. The van der Waals surface area contributed by atoms with Crippen LogP contribution in [-0.4, -0.2) is 28.1 Å². The maximum atomic E-state index is 12.1. The Balaban J connectivity index is 2.15. The van der Waals surface area contributed by atoms with Gasteiger partial charge in [-0.15, -0.1) is 11.3 Å². The monoisotopic (exact) mass is 263 g/mol. The second-order valence-electron chi connectivity index (χ2n) is 3.94. The number of nitrogens with zero attached hydrogens (tertiary/aromatic N) is 1. The lowest BCUT2D eigenvalue weighted by Gasteiger charge is -2.17. The van der Waals surface area contributed by atoms with Crippen LogP contribution < -0.4 is 0 Å². The van der Waals surface area contributed by atoms with Crippen LogP contribution in [0.5, 0.6) is 11.5 Å². The minimum absolute atomic E-state index is 0.0649. The molecule has 0 aliphatic carbocycles. The minimum atomic E-state index is -0.277. The standard InChI is InChI=1S/C13H13NO3S/c1-14(8-10-3-2-6-18-10)13(17)11-5-4-9(15)7-12(11)16/h2-7,15-16H,8H2,1H3. The van der Waals surface area contributed by atoms with E-state index in [0.29, 0.717) is 6.54 Å². The zero-order valence-electron chi connectivity index (χ0n) is 9.83. The third-order valence-corrected chi connectivity index (χ3v) is 3.39. The van der Waals surface area contributed by atoms with Gasteiger partial charge >= 0.3 is 0 Å².